The molecule has 0 saturated carbocycles. The Balaban J connectivity index is 0.00000225. The van der Waals surface area contributed by atoms with Crippen molar-refractivity contribution < 1.29 is 4.79 Å². The smallest absolute Gasteiger partial charge is 0.220 e. The quantitative estimate of drug-likeness (QED) is 0.788. The number of amides is 1. The molecule has 3 nitrogen and oxygen atoms in total. The molecule has 0 bridgehead atoms. The molecule has 1 amide bonds. The van der Waals surface area contributed by atoms with Gasteiger partial charge in [-0.2, -0.15) is 0 Å². The molecule has 0 aliphatic rings. The molecule has 2 N–H and O–H groups in total. The molecule has 0 radical (unpaired) electrons. The van der Waals surface area contributed by atoms with Crippen LogP contribution in [0, 0.1) is 0 Å². The largest absolute Gasteiger partial charge is 0.351 e. The Bertz CT molecular complexity index is 320. The molecule has 1 aromatic heterocycles. The van der Waals surface area contributed by atoms with Crippen LogP contribution in [-0.4, -0.2) is 19.5 Å². The zero-order valence-electron chi connectivity index (χ0n) is 9.09. The van der Waals surface area contributed by atoms with E-state index < -0.39 is 0 Å². The van der Waals surface area contributed by atoms with Crippen molar-refractivity contribution in [1.29, 1.82) is 0 Å². The highest BCUT2D eigenvalue weighted by Crippen LogP contribution is 2.19. The summed E-state index contributed by atoms with van der Waals surface area (Å²) >= 11 is 5.03. The zero-order chi connectivity index (χ0) is 11.1. The first-order chi connectivity index (χ1) is 7.22. The summed E-state index contributed by atoms with van der Waals surface area (Å²) in [6.45, 7) is 1.52. The van der Waals surface area contributed by atoms with E-state index in [1.54, 1.807) is 11.3 Å². The van der Waals surface area contributed by atoms with Gasteiger partial charge in [0.25, 0.3) is 0 Å². The second-order valence-electron chi connectivity index (χ2n) is 3.22. The van der Waals surface area contributed by atoms with Crippen molar-refractivity contribution in [3.63, 3.8) is 0 Å². The second kappa shape index (κ2) is 8.98. The lowest BCUT2D eigenvalue weighted by atomic mass is 10.3. The molecule has 1 heterocycles. The average molecular weight is 328 g/mol. The number of carbonyl (C=O) groups is 1. The Morgan fingerprint density at radius 1 is 1.56 bits per heavy atom. The van der Waals surface area contributed by atoms with Gasteiger partial charge in [0, 0.05) is 21.2 Å². The predicted octanol–water partition coefficient (Wildman–Crippen LogP) is 2.55. The normalized spacial score (nSPS) is 9.62. The van der Waals surface area contributed by atoms with Crippen LogP contribution in [0.25, 0.3) is 0 Å². The number of hydrogen-bond acceptors (Lipinski definition) is 3. The van der Waals surface area contributed by atoms with Crippen LogP contribution in [0.5, 0.6) is 0 Å². The van der Waals surface area contributed by atoms with Gasteiger partial charge in [-0.15, -0.1) is 23.7 Å². The number of rotatable bonds is 6. The van der Waals surface area contributed by atoms with Gasteiger partial charge < -0.3 is 10.6 Å². The van der Waals surface area contributed by atoms with Crippen molar-refractivity contribution in [2.24, 2.45) is 0 Å². The van der Waals surface area contributed by atoms with Gasteiger partial charge in [-0.1, -0.05) is 0 Å². The van der Waals surface area contributed by atoms with Crippen LogP contribution >= 0.6 is 39.7 Å². The van der Waals surface area contributed by atoms with Crippen molar-refractivity contribution in [2.45, 2.75) is 19.4 Å². The lowest BCUT2D eigenvalue weighted by Crippen LogP contribution is -2.23. The first kappa shape index (κ1) is 15.9. The van der Waals surface area contributed by atoms with E-state index in [-0.39, 0.29) is 18.3 Å². The fourth-order valence-corrected chi connectivity index (χ4v) is 2.54. The van der Waals surface area contributed by atoms with Crippen LogP contribution in [0.3, 0.4) is 0 Å². The van der Waals surface area contributed by atoms with Crippen LogP contribution in [0.15, 0.2) is 15.9 Å². The van der Waals surface area contributed by atoms with Crippen LogP contribution in [0.4, 0.5) is 0 Å². The third-order valence-electron chi connectivity index (χ3n) is 1.91. The minimum absolute atomic E-state index is 0. The zero-order valence-corrected chi connectivity index (χ0v) is 12.3. The molecule has 0 aromatic carbocycles. The summed E-state index contributed by atoms with van der Waals surface area (Å²) in [4.78, 5) is 12.5. The van der Waals surface area contributed by atoms with E-state index in [2.05, 4.69) is 26.6 Å². The molecule has 0 saturated heterocycles. The van der Waals surface area contributed by atoms with E-state index in [4.69, 9.17) is 0 Å². The van der Waals surface area contributed by atoms with Crippen molar-refractivity contribution in [1.82, 2.24) is 10.6 Å². The van der Waals surface area contributed by atoms with E-state index in [9.17, 15) is 4.79 Å². The maximum Gasteiger partial charge on any atom is 0.220 e. The average Bonchev–Trinajstić information content (AvgIpc) is 2.62. The molecule has 1 aromatic rings. The lowest BCUT2D eigenvalue weighted by Gasteiger charge is -2.02. The van der Waals surface area contributed by atoms with E-state index in [0.717, 1.165) is 17.4 Å². The van der Waals surface area contributed by atoms with Gasteiger partial charge in [0.15, 0.2) is 0 Å². The highest BCUT2D eigenvalue weighted by atomic mass is 79.9. The summed E-state index contributed by atoms with van der Waals surface area (Å²) in [6.07, 6.45) is 1.48. The molecule has 92 valence electrons. The monoisotopic (exact) mass is 326 g/mol. The summed E-state index contributed by atoms with van der Waals surface area (Å²) in [5, 5.41) is 7.93. The first-order valence-corrected chi connectivity index (χ1v) is 6.54. The van der Waals surface area contributed by atoms with Gasteiger partial charge in [-0.05, 0) is 42.0 Å². The highest BCUT2D eigenvalue weighted by molar-refractivity contribution is 9.10. The Morgan fingerprint density at radius 2 is 2.31 bits per heavy atom. The van der Waals surface area contributed by atoms with Gasteiger partial charge in [0.1, 0.15) is 0 Å². The van der Waals surface area contributed by atoms with Crippen molar-refractivity contribution in [2.75, 3.05) is 13.6 Å². The van der Waals surface area contributed by atoms with Gasteiger partial charge in [0.05, 0.1) is 6.54 Å². The van der Waals surface area contributed by atoms with Gasteiger partial charge in [-0.25, -0.2) is 0 Å². The number of hydrogen-bond donors (Lipinski definition) is 2. The van der Waals surface area contributed by atoms with Crippen molar-refractivity contribution in [3.05, 3.63) is 20.8 Å². The molecule has 6 heteroatoms. The molecule has 0 aliphatic heterocycles. The minimum Gasteiger partial charge on any atom is -0.351 e. The van der Waals surface area contributed by atoms with E-state index in [0.29, 0.717) is 13.0 Å². The summed E-state index contributed by atoms with van der Waals surface area (Å²) < 4.78 is 1.08. The fourth-order valence-electron chi connectivity index (χ4n) is 1.15. The van der Waals surface area contributed by atoms with Crippen LogP contribution < -0.4 is 10.6 Å². The maximum atomic E-state index is 11.4. The standard InChI is InChI=1S/C10H15BrN2OS.ClH/c1-12-4-2-3-10(14)13-6-9-5-8(11)7-15-9;/h5,7,12H,2-4,6H2,1H3,(H,13,14);1H. The SMILES string of the molecule is CNCCCC(=O)NCc1cc(Br)cs1.Cl. The Kier molecular flexibility index (Phi) is 8.93. The van der Waals surface area contributed by atoms with E-state index >= 15 is 0 Å². The van der Waals surface area contributed by atoms with Crippen LogP contribution in [0.1, 0.15) is 17.7 Å². The summed E-state index contributed by atoms with van der Waals surface area (Å²) in [7, 11) is 1.89. The number of carbonyl (C=O) groups excluding carboxylic acids is 1. The summed E-state index contributed by atoms with van der Waals surface area (Å²) in [6, 6.07) is 2.03. The van der Waals surface area contributed by atoms with E-state index in [1.165, 1.54) is 4.88 Å². The van der Waals surface area contributed by atoms with Crippen LogP contribution in [0.2, 0.25) is 0 Å². The van der Waals surface area contributed by atoms with Gasteiger partial charge >= 0.3 is 0 Å². The van der Waals surface area contributed by atoms with Crippen LogP contribution in [-0.2, 0) is 11.3 Å². The number of nitrogens with one attached hydrogen (secondary N) is 2. The van der Waals surface area contributed by atoms with Gasteiger partial charge in [0.2, 0.25) is 5.91 Å². The highest BCUT2D eigenvalue weighted by Gasteiger charge is 2.02. The number of thiophene rings is 1. The molecular formula is C10H16BrClN2OS. The third-order valence-corrected chi connectivity index (χ3v) is 3.61. The number of halogens is 2. The molecule has 0 spiro atoms. The lowest BCUT2D eigenvalue weighted by molar-refractivity contribution is -0.121. The Morgan fingerprint density at radius 3 is 2.88 bits per heavy atom. The fraction of sp³-hybridized carbons (Fsp3) is 0.500. The van der Waals surface area contributed by atoms with Crippen molar-refractivity contribution in [3.8, 4) is 0 Å². The molecule has 0 aliphatic carbocycles. The maximum absolute atomic E-state index is 11.4. The Hall–Kier alpha value is -0.100. The molecule has 0 unspecified atom stereocenters. The predicted molar refractivity (Wildman–Crippen MR) is 74.3 cm³/mol. The molecule has 0 fully saturated rings. The second-order valence-corrected chi connectivity index (χ2v) is 5.13. The van der Waals surface area contributed by atoms with Crippen molar-refractivity contribution >= 4 is 45.6 Å². The van der Waals surface area contributed by atoms with Gasteiger partial charge in [-0.3, -0.25) is 4.79 Å². The molecule has 0 atom stereocenters. The topological polar surface area (TPSA) is 41.1 Å². The minimum atomic E-state index is 0. The summed E-state index contributed by atoms with van der Waals surface area (Å²) in [5.41, 5.74) is 0. The molecule has 16 heavy (non-hydrogen) atoms. The van der Waals surface area contributed by atoms with E-state index in [1.807, 2.05) is 18.5 Å². The molecule has 1 rings (SSSR count). The molecular weight excluding hydrogens is 312 g/mol. The Labute approximate surface area is 115 Å². The first-order valence-electron chi connectivity index (χ1n) is 4.86. The third kappa shape index (κ3) is 6.48. The summed E-state index contributed by atoms with van der Waals surface area (Å²) in [5.74, 6) is 0.120.